The van der Waals surface area contributed by atoms with E-state index in [1.165, 1.54) is 0 Å². The third-order valence-electron chi connectivity index (χ3n) is 6.12. The number of benzene rings is 4. The molecule has 1 aliphatic heterocycles. The van der Waals surface area contributed by atoms with E-state index in [2.05, 4.69) is 5.32 Å². The number of esters is 1. The van der Waals surface area contributed by atoms with Crippen LogP contribution in [0.2, 0.25) is 0 Å². The molecule has 1 atom stereocenters. The molecule has 1 aliphatic rings. The van der Waals surface area contributed by atoms with Crippen molar-refractivity contribution in [2.75, 3.05) is 21.8 Å². The zero-order valence-electron chi connectivity index (χ0n) is 21.5. The number of carbonyl (C=O) groups is 2. The summed E-state index contributed by atoms with van der Waals surface area (Å²) in [5.74, 6) is -0.544. The van der Waals surface area contributed by atoms with E-state index in [-0.39, 0.29) is 18.3 Å². The molecule has 5 rings (SSSR count). The summed E-state index contributed by atoms with van der Waals surface area (Å²) in [6.45, 7) is 2.00. The number of rotatable bonds is 8. The van der Waals surface area contributed by atoms with Gasteiger partial charge in [-0.05, 0) is 67.1 Å². The molecule has 0 spiro atoms. The predicted molar refractivity (Wildman–Crippen MR) is 156 cm³/mol. The predicted octanol–water partition coefficient (Wildman–Crippen LogP) is 6.18. The van der Waals surface area contributed by atoms with E-state index in [0.29, 0.717) is 11.3 Å². The van der Waals surface area contributed by atoms with Crippen molar-refractivity contribution in [2.45, 2.75) is 13.1 Å². The van der Waals surface area contributed by atoms with Crippen LogP contribution < -0.4 is 15.2 Å². The highest BCUT2D eigenvalue weighted by molar-refractivity contribution is 6.42. The molecule has 0 radical (unpaired) electrons. The zero-order valence-corrected chi connectivity index (χ0v) is 21.5. The largest absolute Gasteiger partial charge is 0.460 e. The zero-order chi connectivity index (χ0) is 27.0. The number of hydrogen-bond acceptors (Lipinski definition) is 6. The van der Waals surface area contributed by atoms with E-state index in [1.807, 2.05) is 120 Å². The fraction of sp³-hybridized carbons (Fsp3) is 0.0938. The van der Waals surface area contributed by atoms with Gasteiger partial charge in [0.1, 0.15) is 6.17 Å². The van der Waals surface area contributed by atoms with Crippen LogP contribution in [0, 0.1) is 0 Å². The van der Waals surface area contributed by atoms with Crippen molar-refractivity contribution in [1.82, 2.24) is 0 Å². The van der Waals surface area contributed by atoms with Crippen LogP contribution in [-0.4, -0.2) is 30.5 Å². The maximum Gasteiger partial charge on any atom is 0.376 e. The van der Waals surface area contributed by atoms with Crippen LogP contribution in [0.25, 0.3) is 6.08 Å². The van der Waals surface area contributed by atoms with E-state index < -0.39 is 12.1 Å². The van der Waals surface area contributed by atoms with Crippen LogP contribution in [0.5, 0.6) is 0 Å². The third-order valence-corrected chi connectivity index (χ3v) is 6.12. The molecular formula is C32H28N4O3. The first kappa shape index (κ1) is 25.5. The molecule has 1 N–H and O–H groups in total. The maximum atomic E-state index is 13.1. The lowest BCUT2D eigenvalue weighted by molar-refractivity contribution is -0.135. The van der Waals surface area contributed by atoms with Gasteiger partial charge in [-0.25, -0.2) is 9.80 Å². The summed E-state index contributed by atoms with van der Waals surface area (Å²) >= 11 is 0. The van der Waals surface area contributed by atoms with Gasteiger partial charge < -0.3 is 10.1 Å². The first-order valence-electron chi connectivity index (χ1n) is 12.7. The Kier molecular flexibility index (Phi) is 7.79. The van der Waals surface area contributed by atoms with E-state index >= 15 is 0 Å². The van der Waals surface area contributed by atoms with Crippen LogP contribution in [0.4, 0.5) is 17.1 Å². The molecule has 7 heteroatoms. The average Bonchev–Trinajstić information content (AvgIpc) is 3.38. The second-order valence-electron chi connectivity index (χ2n) is 8.74. The molecule has 0 fully saturated rings. The van der Waals surface area contributed by atoms with Crippen molar-refractivity contribution in [3.8, 4) is 0 Å². The van der Waals surface area contributed by atoms with Crippen LogP contribution in [0.1, 0.15) is 22.8 Å². The second kappa shape index (κ2) is 11.9. The standard InChI is InChI=1S/C32H28N4O3/c1-2-39-32(38)30-34-36(28-16-10-5-11-17-28)29(23-18-24-12-6-3-7-13-24)35(30)27-21-19-26(20-22-27)33-31(37)25-14-8-4-9-15-25/h3-23,29H,2H2,1H3,(H,33,37)/b23-18-/t29-/m0/s1. The van der Waals surface area contributed by atoms with Crippen LogP contribution in [0.15, 0.2) is 126 Å². The van der Waals surface area contributed by atoms with Crippen molar-refractivity contribution in [1.29, 1.82) is 0 Å². The number of hydrogen-bond donors (Lipinski definition) is 1. The molecule has 1 heterocycles. The number of hydrazone groups is 1. The monoisotopic (exact) mass is 516 g/mol. The van der Waals surface area contributed by atoms with Gasteiger partial charge in [-0.15, -0.1) is 5.10 Å². The van der Waals surface area contributed by atoms with Crippen molar-refractivity contribution in [2.24, 2.45) is 5.10 Å². The van der Waals surface area contributed by atoms with Gasteiger partial charge in [0.15, 0.2) is 0 Å². The minimum Gasteiger partial charge on any atom is -0.460 e. The Morgan fingerprint density at radius 1 is 0.821 bits per heavy atom. The molecule has 0 aromatic heterocycles. The van der Waals surface area contributed by atoms with Gasteiger partial charge in [0, 0.05) is 16.9 Å². The summed E-state index contributed by atoms with van der Waals surface area (Å²) in [5, 5.41) is 9.44. The minimum atomic E-state index is -0.518. The van der Waals surface area contributed by atoms with Crippen LogP contribution >= 0.6 is 0 Å². The van der Waals surface area contributed by atoms with E-state index in [9.17, 15) is 9.59 Å². The van der Waals surface area contributed by atoms with Crippen LogP contribution in [0.3, 0.4) is 0 Å². The Morgan fingerprint density at radius 2 is 1.44 bits per heavy atom. The first-order chi connectivity index (χ1) is 19.1. The summed E-state index contributed by atoms with van der Waals surface area (Å²) in [7, 11) is 0. The van der Waals surface area contributed by atoms with E-state index in [4.69, 9.17) is 9.84 Å². The quantitative estimate of drug-likeness (QED) is 0.283. The number of anilines is 3. The maximum absolute atomic E-state index is 13.1. The Balaban J connectivity index is 1.50. The van der Waals surface area contributed by atoms with E-state index in [0.717, 1.165) is 16.9 Å². The number of ether oxygens (including phenoxy) is 1. The summed E-state index contributed by atoms with van der Waals surface area (Å²) in [4.78, 5) is 27.6. The molecular weight excluding hydrogens is 488 g/mol. The van der Waals surface area contributed by atoms with Gasteiger partial charge in [0.05, 0.1) is 12.3 Å². The molecule has 4 aromatic rings. The number of carbonyl (C=O) groups excluding carboxylic acids is 2. The third kappa shape index (κ3) is 5.88. The van der Waals surface area contributed by atoms with Gasteiger partial charge in [-0.3, -0.25) is 9.69 Å². The highest BCUT2D eigenvalue weighted by Gasteiger charge is 2.38. The smallest absolute Gasteiger partial charge is 0.376 e. The second-order valence-corrected chi connectivity index (χ2v) is 8.74. The molecule has 1 amide bonds. The summed E-state index contributed by atoms with van der Waals surface area (Å²) in [5.41, 5.74) is 3.78. The van der Waals surface area contributed by atoms with Gasteiger partial charge in [-0.1, -0.05) is 72.8 Å². The van der Waals surface area contributed by atoms with Gasteiger partial charge in [0.25, 0.3) is 5.91 Å². The summed E-state index contributed by atoms with van der Waals surface area (Å²) in [6.07, 6.45) is 3.56. The Hall–Kier alpha value is -5.17. The van der Waals surface area contributed by atoms with Crippen molar-refractivity contribution in [3.63, 3.8) is 0 Å². The van der Waals surface area contributed by atoms with Crippen molar-refractivity contribution in [3.05, 3.63) is 132 Å². The van der Waals surface area contributed by atoms with Gasteiger partial charge in [-0.2, -0.15) is 0 Å². The molecule has 194 valence electrons. The summed E-state index contributed by atoms with van der Waals surface area (Å²) < 4.78 is 5.38. The highest BCUT2D eigenvalue weighted by Crippen LogP contribution is 2.32. The minimum absolute atomic E-state index is 0.171. The SMILES string of the molecule is CCOC(=O)C1=NN(c2ccccc2)[C@@H](/C=C\c2ccccc2)N1c1ccc(NC(=O)c2ccccc2)cc1. The molecule has 0 unspecified atom stereocenters. The van der Waals surface area contributed by atoms with Crippen LogP contribution in [-0.2, 0) is 9.53 Å². The highest BCUT2D eigenvalue weighted by atomic mass is 16.5. The lowest BCUT2D eigenvalue weighted by Gasteiger charge is -2.29. The number of nitrogens with one attached hydrogen (secondary N) is 1. The van der Waals surface area contributed by atoms with Gasteiger partial charge in [0.2, 0.25) is 5.84 Å². The Labute approximate surface area is 227 Å². The molecule has 39 heavy (non-hydrogen) atoms. The first-order valence-corrected chi connectivity index (χ1v) is 12.7. The lowest BCUT2D eigenvalue weighted by atomic mass is 10.1. The topological polar surface area (TPSA) is 74.2 Å². The number of amidine groups is 1. The number of amides is 1. The summed E-state index contributed by atoms with van der Waals surface area (Å²) in [6, 6.07) is 36.0. The number of para-hydroxylation sites is 1. The molecule has 4 aromatic carbocycles. The Bertz CT molecular complexity index is 1470. The molecule has 0 saturated heterocycles. The molecule has 0 bridgehead atoms. The van der Waals surface area contributed by atoms with Crippen molar-refractivity contribution < 1.29 is 14.3 Å². The molecule has 0 saturated carbocycles. The normalized spacial score (nSPS) is 14.8. The fourth-order valence-electron chi connectivity index (χ4n) is 4.27. The average molecular weight is 517 g/mol. The molecule has 0 aliphatic carbocycles. The lowest BCUT2D eigenvalue weighted by Crippen LogP contribution is -2.43. The van der Waals surface area contributed by atoms with E-state index in [1.54, 1.807) is 24.1 Å². The van der Waals surface area contributed by atoms with Gasteiger partial charge >= 0.3 is 5.97 Å². The number of nitrogens with zero attached hydrogens (tertiary/aromatic N) is 3. The fourth-order valence-corrected chi connectivity index (χ4v) is 4.27. The molecule has 7 nitrogen and oxygen atoms in total. The Morgan fingerprint density at radius 3 is 2.08 bits per heavy atom. The van der Waals surface area contributed by atoms with Crippen molar-refractivity contribution >= 4 is 40.9 Å².